The first kappa shape index (κ1) is 17.0. The van der Waals surface area contributed by atoms with Gasteiger partial charge in [0.25, 0.3) is 0 Å². The molecule has 0 aromatic heterocycles. The largest absolute Gasteiger partial charge is 0.466 e. The summed E-state index contributed by atoms with van der Waals surface area (Å²) < 4.78 is 31.6. The third-order valence-corrected chi connectivity index (χ3v) is 3.06. The molecule has 1 aromatic carbocycles. The summed E-state index contributed by atoms with van der Waals surface area (Å²) in [5.74, 6) is -5.38. The predicted octanol–water partition coefficient (Wildman–Crippen LogP) is 2.97. The highest BCUT2D eigenvalue weighted by Crippen LogP contribution is 2.35. The molecule has 0 unspecified atom stereocenters. The highest BCUT2D eigenvalue weighted by molar-refractivity contribution is 6.35. The van der Waals surface area contributed by atoms with Crippen LogP contribution in [0.2, 0.25) is 5.02 Å². The lowest BCUT2D eigenvalue weighted by Crippen LogP contribution is -2.15. The number of nitro benzene ring substituents is 1. The zero-order valence-electron chi connectivity index (χ0n) is 11.0. The number of ketones is 1. The number of ether oxygens (including phenoxy) is 1. The summed E-state index contributed by atoms with van der Waals surface area (Å²) in [6.07, 6.45) is -0.862. The van der Waals surface area contributed by atoms with E-state index in [0.717, 1.165) is 6.92 Å². The lowest BCUT2D eigenvalue weighted by Gasteiger charge is -2.09. The minimum atomic E-state index is -1.80. The minimum Gasteiger partial charge on any atom is -0.466 e. The van der Waals surface area contributed by atoms with Gasteiger partial charge >= 0.3 is 11.7 Å². The van der Waals surface area contributed by atoms with Gasteiger partial charge in [0.1, 0.15) is 12.0 Å². The number of esters is 1. The monoisotopic (exact) mass is 321 g/mol. The van der Waals surface area contributed by atoms with Crippen LogP contribution in [-0.2, 0) is 9.53 Å². The highest BCUT2D eigenvalue weighted by atomic mass is 35.5. The topological polar surface area (TPSA) is 86.5 Å². The van der Waals surface area contributed by atoms with E-state index in [0.29, 0.717) is 0 Å². The van der Waals surface area contributed by atoms with Crippen molar-refractivity contribution in [3.05, 3.63) is 37.9 Å². The molecule has 21 heavy (non-hydrogen) atoms. The lowest BCUT2D eigenvalue weighted by molar-refractivity contribution is -0.388. The van der Waals surface area contributed by atoms with Crippen LogP contribution < -0.4 is 0 Å². The maximum atomic E-state index is 13.7. The number of nitro groups is 1. The van der Waals surface area contributed by atoms with Gasteiger partial charge in [0.05, 0.1) is 16.6 Å². The average Bonchev–Trinajstić information content (AvgIpc) is 2.39. The van der Waals surface area contributed by atoms with Crippen molar-refractivity contribution < 1.29 is 28.0 Å². The van der Waals surface area contributed by atoms with Crippen molar-refractivity contribution in [3.63, 3.8) is 0 Å². The molecule has 0 saturated heterocycles. The normalized spacial score (nSPS) is 10.3. The van der Waals surface area contributed by atoms with Gasteiger partial charge in [-0.3, -0.25) is 19.7 Å². The summed E-state index contributed by atoms with van der Waals surface area (Å²) in [5.41, 5.74) is -2.68. The first-order valence-electron chi connectivity index (χ1n) is 5.72. The van der Waals surface area contributed by atoms with Crippen molar-refractivity contribution in [2.45, 2.75) is 20.3 Å². The third-order valence-electron chi connectivity index (χ3n) is 2.59. The van der Waals surface area contributed by atoms with Crippen LogP contribution in [0.1, 0.15) is 29.3 Å². The van der Waals surface area contributed by atoms with Gasteiger partial charge in [-0.15, -0.1) is 0 Å². The Balaban J connectivity index is 3.44. The van der Waals surface area contributed by atoms with Gasteiger partial charge in [0, 0.05) is 5.56 Å². The first-order valence-corrected chi connectivity index (χ1v) is 6.10. The molecule has 0 aliphatic carbocycles. The van der Waals surface area contributed by atoms with Crippen LogP contribution in [0.5, 0.6) is 0 Å². The molecule has 0 amide bonds. The molecule has 0 heterocycles. The third kappa shape index (κ3) is 3.33. The van der Waals surface area contributed by atoms with E-state index in [9.17, 15) is 28.5 Å². The number of hydrogen-bond acceptors (Lipinski definition) is 5. The highest BCUT2D eigenvalue weighted by Gasteiger charge is 2.34. The van der Waals surface area contributed by atoms with Crippen molar-refractivity contribution in [1.29, 1.82) is 0 Å². The van der Waals surface area contributed by atoms with Crippen LogP contribution in [0.4, 0.5) is 14.5 Å². The molecular weight excluding hydrogens is 312 g/mol. The molecule has 0 saturated carbocycles. The van der Waals surface area contributed by atoms with Gasteiger partial charge < -0.3 is 4.74 Å². The number of carbonyl (C=O) groups excluding carboxylic acids is 2. The quantitative estimate of drug-likeness (QED) is 0.208. The van der Waals surface area contributed by atoms with Crippen molar-refractivity contribution in [1.82, 2.24) is 0 Å². The van der Waals surface area contributed by atoms with Gasteiger partial charge in [0.15, 0.2) is 11.6 Å². The van der Waals surface area contributed by atoms with Crippen molar-refractivity contribution >= 4 is 29.0 Å². The van der Waals surface area contributed by atoms with E-state index in [-0.39, 0.29) is 6.61 Å². The van der Waals surface area contributed by atoms with Gasteiger partial charge in [-0.2, -0.15) is 4.39 Å². The number of Topliss-reactive ketones (excluding diaryl/α,β-unsaturated/α-hetero) is 1. The van der Waals surface area contributed by atoms with Crippen LogP contribution in [0.25, 0.3) is 0 Å². The Morgan fingerprint density at radius 3 is 2.38 bits per heavy atom. The molecule has 0 bridgehead atoms. The van der Waals surface area contributed by atoms with Crippen molar-refractivity contribution in [3.8, 4) is 0 Å². The van der Waals surface area contributed by atoms with Crippen molar-refractivity contribution in [2.75, 3.05) is 6.61 Å². The minimum absolute atomic E-state index is 0.00124. The number of halogens is 3. The van der Waals surface area contributed by atoms with Gasteiger partial charge in [-0.1, -0.05) is 11.6 Å². The Morgan fingerprint density at radius 2 is 1.90 bits per heavy atom. The Hall–Kier alpha value is -2.09. The summed E-state index contributed by atoms with van der Waals surface area (Å²) in [5, 5.41) is 10.2. The van der Waals surface area contributed by atoms with E-state index < -0.39 is 56.6 Å². The van der Waals surface area contributed by atoms with E-state index in [1.165, 1.54) is 6.92 Å². The van der Waals surface area contributed by atoms with Crippen LogP contribution >= 0.6 is 11.6 Å². The molecule has 0 aliphatic heterocycles. The first-order chi connectivity index (χ1) is 9.72. The Labute approximate surface area is 122 Å². The molecule has 0 fully saturated rings. The smallest absolute Gasteiger partial charge is 0.320 e. The number of rotatable bonds is 5. The van der Waals surface area contributed by atoms with Gasteiger partial charge in [-0.25, -0.2) is 4.39 Å². The Bertz CT molecular complexity index is 633. The van der Waals surface area contributed by atoms with Gasteiger partial charge in [-0.05, 0) is 13.8 Å². The van der Waals surface area contributed by atoms with E-state index in [1.54, 1.807) is 0 Å². The molecule has 114 valence electrons. The molecule has 0 aliphatic rings. The predicted molar refractivity (Wildman–Crippen MR) is 68.3 cm³/mol. The molecular formula is C12H10ClF2NO5. The molecule has 6 nitrogen and oxygen atoms in total. The van der Waals surface area contributed by atoms with Crippen LogP contribution in [0.15, 0.2) is 0 Å². The molecule has 9 heteroatoms. The standard InChI is InChI=1S/C12H10ClF2NO5/c1-3-21-7(18)4-6(17)8-9(13)5(2)10(14)11(15)12(8)16(19)20/h3-4H2,1-2H3. The summed E-state index contributed by atoms with van der Waals surface area (Å²) in [7, 11) is 0. The zero-order valence-corrected chi connectivity index (χ0v) is 11.8. The molecule has 0 N–H and O–H groups in total. The van der Waals surface area contributed by atoms with Crippen molar-refractivity contribution in [2.24, 2.45) is 0 Å². The van der Waals surface area contributed by atoms with Crippen LogP contribution in [-0.4, -0.2) is 23.3 Å². The summed E-state index contributed by atoms with van der Waals surface area (Å²) in [4.78, 5) is 32.7. The van der Waals surface area contributed by atoms with Crippen LogP contribution in [0, 0.1) is 28.7 Å². The maximum absolute atomic E-state index is 13.7. The fourth-order valence-electron chi connectivity index (χ4n) is 1.62. The Morgan fingerprint density at radius 1 is 1.33 bits per heavy atom. The zero-order chi connectivity index (χ0) is 16.3. The fourth-order valence-corrected chi connectivity index (χ4v) is 1.90. The maximum Gasteiger partial charge on any atom is 0.320 e. The average molecular weight is 322 g/mol. The van der Waals surface area contributed by atoms with E-state index in [2.05, 4.69) is 4.74 Å². The molecule has 1 aromatic rings. The number of hydrogen-bond donors (Lipinski definition) is 0. The Kier molecular flexibility index (Phi) is 5.31. The summed E-state index contributed by atoms with van der Waals surface area (Å²) in [6, 6.07) is 0. The molecule has 0 radical (unpaired) electrons. The van der Waals surface area contributed by atoms with E-state index >= 15 is 0 Å². The van der Waals surface area contributed by atoms with Crippen LogP contribution in [0.3, 0.4) is 0 Å². The second kappa shape index (κ2) is 6.57. The fraction of sp³-hybridized carbons (Fsp3) is 0.333. The van der Waals surface area contributed by atoms with E-state index in [4.69, 9.17) is 11.6 Å². The number of nitrogens with zero attached hydrogens (tertiary/aromatic N) is 1. The van der Waals surface area contributed by atoms with E-state index in [1.807, 2.05) is 0 Å². The number of benzene rings is 1. The SMILES string of the molecule is CCOC(=O)CC(=O)c1c(Cl)c(C)c(F)c(F)c1[N+](=O)[O-]. The summed E-state index contributed by atoms with van der Waals surface area (Å²) in [6.45, 7) is 2.56. The van der Waals surface area contributed by atoms with Gasteiger partial charge in [0.2, 0.25) is 5.82 Å². The number of carbonyl (C=O) groups is 2. The second-order valence-electron chi connectivity index (χ2n) is 3.95. The molecule has 0 spiro atoms. The second-order valence-corrected chi connectivity index (χ2v) is 4.33. The summed E-state index contributed by atoms with van der Waals surface area (Å²) >= 11 is 5.69. The molecule has 0 atom stereocenters. The lowest BCUT2D eigenvalue weighted by atomic mass is 10.0. The molecule has 1 rings (SSSR count).